The summed E-state index contributed by atoms with van der Waals surface area (Å²) in [7, 11) is 1.87. The molecule has 0 bridgehead atoms. The predicted octanol–water partition coefficient (Wildman–Crippen LogP) is 5.20. The molecule has 0 fully saturated rings. The van der Waals surface area contributed by atoms with Crippen LogP contribution < -0.4 is 37.3 Å². The number of aromatic nitrogens is 3. The summed E-state index contributed by atoms with van der Waals surface area (Å²) in [6.45, 7) is 5.28. The molecule has 0 radical (unpaired) electrons. The molecule has 2 aliphatic heterocycles. The number of anilines is 1. The van der Waals surface area contributed by atoms with Crippen molar-refractivity contribution in [2.24, 2.45) is 5.73 Å². The second kappa shape index (κ2) is 20.8. The van der Waals surface area contributed by atoms with Gasteiger partial charge in [0, 0.05) is 45.8 Å². The number of amides is 3. The van der Waals surface area contributed by atoms with Crippen LogP contribution in [0.25, 0.3) is 33.2 Å². The normalized spacial score (nSPS) is 15.8. The molecular formula is C51H58N8O9. The lowest BCUT2D eigenvalue weighted by Crippen LogP contribution is -2.50. The van der Waals surface area contributed by atoms with Gasteiger partial charge in [0.2, 0.25) is 11.8 Å². The van der Waals surface area contributed by atoms with Crippen molar-refractivity contribution in [3.63, 3.8) is 0 Å². The summed E-state index contributed by atoms with van der Waals surface area (Å²) < 4.78 is 18.3. The SMILES string of the molecule is CCc1c2c(nc3ccc(OCCCNC(=O)OCc4ccc(NC(=O)[C@@H](CCCCNC)NC(=O)[C@@H](N)Cc5c[nH]c6ccccc56)cc4)cc13)-c1cc3c(c(=O)n1C2)COC(=O)[C@]3(O)CC. The Morgan fingerprint density at radius 1 is 0.971 bits per heavy atom. The Morgan fingerprint density at radius 2 is 1.78 bits per heavy atom. The van der Waals surface area contributed by atoms with E-state index in [1.54, 1.807) is 41.8 Å². The van der Waals surface area contributed by atoms with Gasteiger partial charge in [-0.05, 0) is 118 Å². The van der Waals surface area contributed by atoms with Crippen molar-refractivity contribution >= 4 is 51.4 Å². The summed E-state index contributed by atoms with van der Waals surface area (Å²) in [5.74, 6) is -0.883. The smallest absolute Gasteiger partial charge is 0.407 e. The van der Waals surface area contributed by atoms with Crippen molar-refractivity contribution in [3.8, 4) is 17.1 Å². The van der Waals surface area contributed by atoms with E-state index in [1.807, 2.05) is 62.6 Å². The van der Waals surface area contributed by atoms with Gasteiger partial charge in [0.1, 0.15) is 25.0 Å². The fourth-order valence-electron chi connectivity index (χ4n) is 9.03. The number of hydrogen-bond acceptors (Lipinski definition) is 12. The number of fused-ring (bicyclic) bond motifs is 6. The van der Waals surface area contributed by atoms with Crippen LogP contribution in [0.3, 0.4) is 0 Å². The molecule has 6 aromatic rings. The zero-order valence-corrected chi connectivity index (χ0v) is 38.5. The molecule has 8 N–H and O–H groups in total. The first-order valence-electron chi connectivity index (χ1n) is 23.2. The van der Waals surface area contributed by atoms with Gasteiger partial charge in [-0.2, -0.15) is 0 Å². The van der Waals surface area contributed by atoms with Gasteiger partial charge in [-0.15, -0.1) is 0 Å². The molecule has 0 aliphatic carbocycles. The van der Waals surface area contributed by atoms with Crippen molar-refractivity contribution in [2.45, 2.75) is 96.2 Å². The number of ether oxygens (including phenoxy) is 3. The van der Waals surface area contributed by atoms with Gasteiger partial charge in [-0.25, -0.2) is 14.6 Å². The van der Waals surface area contributed by atoms with Crippen LogP contribution in [0.15, 0.2) is 83.8 Å². The van der Waals surface area contributed by atoms with Gasteiger partial charge in [-0.1, -0.05) is 44.2 Å². The lowest BCUT2D eigenvalue weighted by molar-refractivity contribution is -0.172. The third kappa shape index (κ3) is 9.95. The third-order valence-corrected chi connectivity index (χ3v) is 12.8. The summed E-state index contributed by atoms with van der Waals surface area (Å²) in [6, 6.07) is 20.5. The fourth-order valence-corrected chi connectivity index (χ4v) is 9.03. The highest BCUT2D eigenvalue weighted by Gasteiger charge is 2.45. The molecule has 0 spiro atoms. The number of alkyl carbamates (subject to hydrolysis) is 1. The highest BCUT2D eigenvalue weighted by Crippen LogP contribution is 2.41. The molecule has 0 saturated heterocycles. The summed E-state index contributed by atoms with van der Waals surface area (Å²) in [4.78, 5) is 73.7. The molecule has 17 nitrogen and oxygen atoms in total. The van der Waals surface area contributed by atoms with E-state index in [0.29, 0.717) is 74.6 Å². The summed E-state index contributed by atoms with van der Waals surface area (Å²) >= 11 is 0. The van der Waals surface area contributed by atoms with Crippen molar-refractivity contribution in [1.82, 2.24) is 30.5 Å². The number of rotatable bonds is 20. The molecule has 3 aromatic heterocycles. The van der Waals surface area contributed by atoms with Crippen LogP contribution in [0.2, 0.25) is 0 Å². The number of hydrogen-bond donors (Lipinski definition) is 7. The number of nitrogens with one attached hydrogen (secondary N) is 5. The largest absolute Gasteiger partial charge is 0.494 e. The van der Waals surface area contributed by atoms with Gasteiger partial charge in [0.25, 0.3) is 5.56 Å². The van der Waals surface area contributed by atoms with Crippen LogP contribution >= 0.6 is 0 Å². The van der Waals surface area contributed by atoms with E-state index in [2.05, 4.69) is 26.3 Å². The molecule has 5 heterocycles. The molecule has 3 aromatic carbocycles. The number of cyclic esters (lactones) is 1. The van der Waals surface area contributed by atoms with Gasteiger partial charge >= 0.3 is 12.1 Å². The molecule has 356 valence electrons. The van der Waals surface area contributed by atoms with Crippen molar-refractivity contribution in [1.29, 1.82) is 0 Å². The number of aliphatic hydroxyl groups is 1. The first kappa shape index (κ1) is 47.4. The van der Waals surface area contributed by atoms with Gasteiger partial charge in [0.15, 0.2) is 5.60 Å². The van der Waals surface area contributed by atoms with Crippen molar-refractivity contribution < 1.29 is 38.5 Å². The molecule has 8 rings (SSSR count). The number of nitrogens with zero attached hydrogens (tertiary/aromatic N) is 2. The Kier molecular flexibility index (Phi) is 14.5. The van der Waals surface area contributed by atoms with E-state index in [9.17, 15) is 29.1 Å². The average Bonchev–Trinajstić information content (AvgIpc) is 3.93. The number of benzene rings is 3. The molecule has 68 heavy (non-hydrogen) atoms. The Balaban J connectivity index is 0.797. The lowest BCUT2D eigenvalue weighted by Gasteiger charge is -2.31. The van der Waals surface area contributed by atoms with E-state index < -0.39 is 35.7 Å². The first-order valence-corrected chi connectivity index (χ1v) is 23.2. The zero-order chi connectivity index (χ0) is 48.0. The Labute approximate surface area is 393 Å². The molecule has 0 unspecified atom stereocenters. The van der Waals surface area contributed by atoms with Crippen LogP contribution in [0.1, 0.15) is 79.3 Å². The van der Waals surface area contributed by atoms with E-state index in [1.165, 1.54) is 0 Å². The number of pyridine rings is 2. The minimum Gasteiger partial charge on any atom is -0.494 e. The van der Waals surface area contributed by atoms with Crippen LogP contribution in [0, 0.1) is 0 Å². The van der Waals surface area contributed by atoms with E-state index in [4.69, 9.17) is 24.9 Å². The van der Waals surface area contributed by atoms with Crippen LogP contribution in [-0.4, -0.2) is 82.3 Å². The topological polar surface area (TPSA) is 241 Å². The Morgan fingerprint density at radius 3 is 2.56 bits per heavy atom. The standard InChI is InChI=1S/C51H58N8O9/c1-4-34-36-24-33(18-19-42(36)57-45-37(34)27-59-44(45)25-39-38(48(59)62)29-67-49(63)51(39,65)5-2)66-22-10-21-54-50(64)68-28-30-14-16-32(17-15-30)56-47(61)43(13-8-9-20-53-3)58-46(60)40(52)23-31-26-55-41-12-7-6-11-35(31)41/h6-7,11-12,14-19,24-26,40,43,53,55,65H,4-5,8-10,13,20-23,27-29,52H2,1-3H3,(H,54,64)(H,56,61)(H,58,60)/t40-,43+,51-/m0/s1. The summed E-state index contributed by atoms with van der Waals surface area (Å²) in [5.41, 5.74) is 11.7. The molecule has 3 atom stereocenters. The zero-order valence-electron chi connectivity index (χ0n) is 38.5. The number of unbranched alkanes of at least 4 members (excludes halogenated alkanes) is 1. The third-order valence-electron chi connectivity index (χ3n) is 12.8. The van der Waals surface area contributed by atoms with Gasteiger partial charge in [-0.3, -0.25) is 14.4 Å². The molecule has 0 saturated carbocycles. The van der Waals surface area contributed by atoms with Crippen LogP contribution in [0.5, 0.6) is 5.75 Å². The van der Waals surface area contributed by atoms with Crippen molar-refractivity contribution in [2.75, 3.05) is 32.1 Å². The van der Waals surface area contributed by atoms with E-state index >= 15 is 0 Å². The molecular weight excluding hydrogens is 869 g/mol. The maximum Gasteiger partial charge on any atom is 0.407 e. The lowest BCUT2D eigenvalue weighted by atomic mass is 9.86. The second-order valence-electron chi connectivity index (χ2n) is 17.3. The van der Waals surface area contributed by atoms with Gasteiger partial charge < -0.3 is 55.9 Å². The first-order chi connectivity index (χ1) is 32.9. The summed E-state index contributed by atoms with van der Waals surface area (Å²) in [6.07, 6.45) is 4.83. The monoisotopic (exact) mass is 926 g/mol. The van der Waals surface area contributed by atoms with E-state index in [-0.39, 0.29) is 42.2 Å². The van der Waals surface area contributed by atoms with Crippen LogP contribution in [-0.2, 0) is 62.1 Å². The average molecular weight is 927 g/mol. The minimum atomic E-state index is -1.90. The molecule has 2 aliphatic rings. The predicted molar refractivity (Wildman–Crippen MR) is 257 cm³/mol. The second-order valence-corrected chi connectivity index (χ2v) is 17.3. The minimum absolute atomic E-state index is 0.0146. The maximum atomic E-state index is 13.7. The van der Waals surface area contributed by atoms with Crippen LogP contribution in [0.4, 0.5) is 10.5 Å². The number of carbonyl (C=O) groups excluding carboxylic acids is 4. The number of aromatic amines is 1. The number of nitrogens with two attached hydrogens (primary N) is 1. The van der Waals surface area contributed by atoms with Gasteiger partial charge in [0.05, 0.1) is 41.7 Å². The van der Waals surface area contributed by atoms with E-state index in [0.717, 1.165) is 57.0 Å². The maximum absolute atomic E-state index is 13.7. The highest BCUT2D eigenvalue weighted by atomic mass is 16.6. The number of esters is 1. The molecule has 3 amide bonds. The quantitative estimate of drug-likeness (QED) is 0.0386. The molecule has 17 heteroatoms. The fraction of sp³-hybridized carbons (Fsp3) is 0.373. The Bertz CT molecular complexity index is 2910. The van der Waals surface area contributed by atoms with Crippen molar-refractivity contribution in [3.05, 3.63) is 123 Å². The number of H-pyrrole nitrogens is 1. The Hall–Kier alpha value is -7.08. The highest BCUT2D eigenvalue weighted by molar-refractivity contribution is 5.98. The summed E-state index contributed by atoms with van der Waals surface area (Å²) in [5, 5.41) is 24.8. The number of aryl methyl sites for hydroxylation is 1. The number of para-hydroxylation sites is 1. The number of carbonyl (C=O) groups is 4.